The number of nitrogens with two attached hydrogens (primary N) is 1. The number of carbonyl (C=O) groups is 1. The lowest BCUT2D eigenvalue weighted by Crippen LogP contribution is -1.90. The van der Waals surface area contributed by atoms with E-state index in [0.717, 1.165) is 17.5 Å². The van der Waals surface area contributed by atoms with Crippen molar-refractivity contribution in [3.05, 3.63) is 29.3 Å². The molecule has 0 aliphatic rings. The van der Waals surface area contributed by atoms with Gasteiger partial charge in [-0.2, -0.15) is 0 Å². The first kappa shape index (κ1) is 17.1. The summed E-state index contributed by atoms with van der Waals surface area (Å²) in [4.78, 5) is 10.2. The van der Waals surface area contributed by atoms with Crippen LogP contribution in [0.1, 0.15) is 56.5 Å². The first-order valence-electron chi connectivity index (χ1n) is 5.97. The third kappa shape index (κ3) is 8.04. The highest BCUT2D eigenvalue weighted by atomic mass is 16.1. The number of hydrogen-bond acceptors (Lipinski definition) is 2. The normalized spacial score (nSPS) is 8.06. The minimum absolute atomic E-state index is 0.673. The van der Waals surface area contributed by atoms with Crippen molar-refractivity contribution in [3.8, 4) is 0 Å². The van der Waals surface area contributed by atoms with Gasteiger partial charge >= 0.3 is 0 Å². The summed E-state index contributed by atoms with van der Waals surface area (Å²) in [7, 11) is 0. The highest BCUT2D eigenvalue weighted by Crippen LogP contribution is 2.10. The van der Waals surface area contributed by atoms with Gasteiger partial charge in [-0.25, -0.2) is 0 Å². The Labute approximate surface area is 99.9 Å². The largest absolute Gasteiger partial charge is 0.399 e. The fourth-order valence-corrected chi connectivity index (χ4v) is 0.772. The summed E-state index contributed by atoms with van der Waals surface area (Å²) in [6.07, 6.45) is 3.45. The molecule has 0 radical (unpaired) electrons. The van der Waals surface area contributed by atoms with Crippen molar-refractivity contribution in [1.82, 2.24) is 0 Å². The molecule has 16 heavy (non-hydrogen) atoms. The van der Waals surface area contributed by atoms with Gasteiger partial charge in [-0.05, 0) is 30.7 Å². The molecule has 0 aliphatic heterocycles. The van der Waals surface area contributed by atoms with Gasteiger partial charge in [-0.3, -0.25) is 4.79 Å². The monoisotopic (exact) mass is 223 g/mol. The Kier molecular flexibility index (Phi) is 12.6. The molecule has 0 aliphatic carbocycles. The lowest BCUT2D eigenvalue weighted by molar-refractivity contribution is 0.112. The van der Waals surface area contributed by atoms with E-state index in [2.05, 4.69) is 13.8 Å². The molecule has 2 N–H and O–H groups in total. The van der Waals surface area contributed by atoms with Gasteiger partial charge in [0.05, 0.1) is 0 Å². The lowest BCUT2D eigenvalue weighted by Gasteiger charge is -1.97. The summed E-state index contributed by atoms with van der Waals surface area (Å²) in [5.74, 6) is 0. The van der Waals surface area contributed by atoms with Crippen LogP contribution in [0.3, 0.4) is 0 Å². The van der Waals surface area contributed by atoms with Crippen molar-refractivity contribution in [2.75, 3.05) is 5.73 Å². The topological polar surface area (TPSA) is 43.1 Å². The highest BCUT2D eigenvalue weighted by molar-refractivity contribution is 5.76. The van der Waals surface area contributed by atoms with Gasteiger partial charge in [-0.1, -0.05) is 40.5 Å². The van der Waals surface area contributed by atoms with E-state index >= 15 is 0 Å². The molecule has 0 atom stereocenters. The molecule has 1 aromatic rings. The van der Waals surface area contributed by atoms with Crippen LogP contribution in [-0.4, -0.2) is 6.29 Å². The van der Waals surface area contributed by atoms with Crippen LogP contribution < -0.4 is 5.73 Å². The Balaban J connectivity index is 0. The number of benzene rings is 1. The third-order valence-corrected chi connectivity index (χ3v) is 1.93. The Morgan fingerprint density at radius 1 is 1.19 bits per heavy atom. The van der Waals surface area contributed by atoms with Crippen LogP contribution in [0.25, 0.3) is 0 Å². The molecule has 0 heterocycles. The molecule has 0 fully saturated rings. The van der Waals surface area contributed by atoms with Crippen LogP contribution in [-0.2, 0) is 0 Å². The van der Waals surface area contributed by atoms with Crippen molar-refractivity contribution >= 4 is 12.0 Å². The summed E-state index contributed by atoms with van der Waals surface area (Å²) in [6.45, 7) is 10.2. The quantitative estimate of drug-likeness (QED) is 0.602. The maximum Gasteiger partial charge on any atom is 0.150 e. The molecule has 0 bridgehead atoms. The molecule has 1 rings (SSSR count). The Hall–Kier alpha value is -1.31. The smallest absolute Gasteiger partial charge is 0.150 e. The first-order valence-corrected chi connectivity index (χ1v) is 5.97. The standard InChI is InChI=1S/C8H9NO.C4H10.C2H6/c1-6-4-7(5-10)2-3-8(6)9;1-3-4-2;1-2/h2-5H,9H2,1H3;3-4H2,1-2H3;1-2H3. The molecular weight excluding hydrogens is 198 g/mol. The predicted molar refractivity (Wildman–Crippen MR) is 72.9 cm³/mol. The van der Waals surface area contributed by atoms with Crippen molar-refractivity contribution < 1.29 is 4.79 Å². The molecule has 0 unspecified atom stereocenters. The zero-order valence-electron chi connectivity index (χ0n) is 11.2. The molecule has 0 saturated heterocycles. The number of unbranched alkanes of at least 4 members (excludes halogenated alkanes) is 1. The van der Waals surface area contributed by atoms with E-state index < -0.39 is 0 Å². The van der Waals surface area contributed by atoms with Crippen LogP contribution in [0.2, 0.25) is 0 Å². The Morgan fingerprint density at radius 2 is 1.69 bits per heavy atom. The number of nitrogen functional groups attached to an aromatic ring is 1. The first-order chi connectivity index (χ1) is 7.65. The van der Waals surface area contributed by atoms with Gasteiger partial charge in [-0.15, -0.1) is 0 Å². The van der Waals surface area contributed by atoms with E-state index in [1.807, 2.05) is 20.8 Å². The van der Waals surface area contributed by atoms with Crippen LogP contribution in [0.5, 0.6) is 0 Å². The highest BCUT2D eigenvalue weighted by Gasteiger charge is 1.93. The SMILES string of the molecule is CC.CCCC.Cc1cc(C=O)ccc1N. The number of anilines is 1. The molecule has 0 saturated carbocycles. The molecule has 0 spiro atoms. The molecule has 2 heteroatoms. The predicted octanol–water partition coefficient (Wildman–Crippen LogP) is 4.22. The van der Waals surface area contributed by atoms with Crippen LogP contribution in [0.15, 0.2) is 18.2 Å². The second-order valence-corrected chi connectivity index (χ2v) is 3.23. The molecule has 0 aromatic heterocycles. The van der Waals surface area contributed by atoms with Crippen molar-refractivity contribution in [2.45, 2.75) is 47.5 Å². The van der Waals surface area contributed by atoms with E-state index in [4.69, 9.17) is 5.73 Å². The average Bonchev–Trinajstić information content (AvgIpc) is 2.35. The molecular formula is C14H25NO. The lowest BCUT2D eigenvalue weighted by atomic mass is 10.1. The van der Waals surface area contributed by atoms with Crippen LogP contribution in [0.4, 0.5) is 5.69 Å². The summed E-state index contributed by atoms with van der Waals surface area (Å²) >= 11 is 0. The molecule has 2 nitrogen and oxygen atoms in total. The molecule has 0 amide bonds. The maximum atomic E-state index is 10.2. The number of aryl methyl sites for hydroxylation is 1. The van der Waals surface area contributed by atoms with Gasteiger partial charge in [0.15, 0.2) is 0 Å². The zero-order valence-corrected chi connectivity index (χ0v) is 11.2. The summed E-state index contributed by atoms with van der Waals surface area (Å²) in [5, 5.41) is 0. The number of rotatable bonds is 2. The van der Waals surface area contributed by atoms with Gasteiger partial charge < -0.3 is 5.73 Å². The Bertz CT molecular complexity index is 280. The fraction of sp³-hybridized carbons (Fsp3) is 0.500. The minimum Gasteiger partial charge on any atom is -0.399 e. The van der Waals surface area contributed by atoms with Crippen LogP contribution >= 0.6 is 0 Å². The summed E-state index contributed by atoms with van der Waals surface area (Å²) < 4.78 is 0. The minimum atomic E-state index is 0.673. The summed E-state index contributed by atoms with van der Waals surface area (Å²) in [5.41, 5.74) is 7.88. The molecule has 1 aromatic carbocycles. The van der Waals surface area contributed by atoms with Crippen molar-refractivity contribution in [3.63, 3.8) is 0 Å². The van der Waals surface area contributed by atoms with Crippen molar-refractivity contribution in [2.24, 2.45) is 0 Å². The maximum absolute atomic E-state index is 10.2. The average molecular weight is 223 g/mol. The van der Waals surface area contributed by atoms with Gasteiger partial charge in [0.25, 0.3) is 0 Å². The van der Waals surface area contributed by atoms with E-state index in [-0.39, 0.29) is 0 Å². The van der Waals surface area contributed by atoms with E-state index in [0.29, 0.717) is 5.56 Å². The van der Waals surface area contributed by atoms with Crippen LogP contribution in [0, 0.1) is 6.92 Å². The number of carbonyl (C=O) groups excluding carboxylic acids is 1. The number of hydrogen-bond donors (Lipinski definition) is 1. The second kappa shape index (κ2) is 11.8. The van der Waals surface area contributed by atoms with E-state index in [1.165, 1.54) is 12.8 Å². The van der Waals surface area contributed by atoms with Gasteiger partial charge in [0.1, 0.15) is 6.29 Å². The van der Waals surface area contributed by atoms with Gasteiger partial charge in [0.2, 0.25) is 0 Å². The fourth-order valence-electron chi connectivity index (χ4n) is 0.772. The van der Waals surface area contributed by atoms with Gasteiger partial charge in [0, 0.05) is 11.3 Å². The zero-order chi connectivity index (χ0) is 13.0. The van der Waals surface area contributed by atoms with E-state index in [1.54, 1.807) is 18.2 Å². The summed E-state index contributed by atoms with van der Waals surface area (Å²) in [6, 6.07) is 5.21. The van der Waals surface area contributed by atoms with Crippen molar-refractivity contribution in [1.29, 1.82) is 0 Å². The Morgan fingerprint density at radius 3 is 2.00 bits per heavy atom. The third-order valence-electron chi connectivity index (χ3n) is 1.93. The second-order valence-electron chi connectivity index (χ2n) is 3.23. The molecule has 92 valence electrons. The number of aldehydes is 1. The van der Waals surface area contributed by atoms with E-state index in [9.17, 15) is 4.79 Å².